The summed E-state index contributed by atoms with van der Waals surface area (Å²) in [7, 11) is 4.07. The quantitative estimate of drug-likeness (QED) is 0.331. The van der Waals surface area contributed by atoms with E-state index in [4.69, 9.17) is 4.42 Å². The minimum atomic E-state index is 0. The van der Waals surface area contributed by atoms with Gasteiger partial charge in [-0.1, -0.05) is 6.92 Å². The number of oxazole rings is 1. The Kier molecular flexibility index (Phi) is 10.4. The van der Waals surface area contributed by atoms with Crippen molar-refractivity contribution < 1.29 is 4.42 Å². The second-order valence-electron chi connectivity index (χ2n) is 8.70. The topological polar surface area (TPSA) is 60.1 Å². The summed E-state index contributed by atoms with van der Waals surface area (Å²) >= 11 is 0. The van der Waals surface area contributed by atoms with Gasteiger partial charge in [0.15, 0.2) is 5.96 Å². The Balaban J connectivity index is 0.00000320. The lowest BCUT2D eigenvalue weighted by atomic mass is 9.97. The van der Waals surface area contributed by atoms with Crippen molar-refractivity contribution in [1.29, 1.82) is 0 Å². The highest BCUT2D eigenvalue weighted by molar-refractivity contribution is 14.0. The maximum absolute atomic E-state index is 5.74. The largest absolute Gasteiger partial charge is 0.444 e. The number of nitrogens with zero attached hydrogens (tertiary/aromatic N) is 5. The molecule has 30 heavy (non-hydrogen) atoms. The number of halogens is 1. The maximum Gasteiger partial charge on any atom is 0.208 e. The third-order valence-electron chi connectivity index (χ3n) is 6.65. The molecule has 1 aromatic heterocycles. The molecule has 3 heterocycles. The lowest BCUT2D eigenvalue weighted by molar-refractivity contribution is 0.163. The molecule has 0 spiro atoms. The zero-order valence-electron chi connectivity index (χ0n) is 19.5. The molecule has 1 aromatic rings. The Labute approximate surface area is 199 Å². The van der Waals surface area contributed by atoms with Crippen LogP contribution in [0.3, 0.4) is 0 Å². The van der Waals surface area contributed by atoms with Crippen LogP contribution in [-0.2, 0) is 6.54 Å². The van der Waals surface area contributed by atoms with Gasteiger partial charge >= 0.3 is 0 Å². The predicted octanol–water partition coefficient (Wildman–Crippen LogP) is 3.11. The van der Waals surface area contributed by atoms with E-state index in [1.807, 2.05) is 20.9 Å². The molecule has 0 amide bonds. The van der Waals surface area contributed by atoms with Crippen LogP contribution < -0.4 is 5.32 Å². The van der Waals surface area contributed by atoms with E-state index >= 15 is 0 Å². The van der Waals surface area contributed by atoms with Gasteiger partial charge in [-0.2, -0.15) is 0 Å². The fourth-order valence-corrected chi connectivity index (χ4v) is 4.69. The van der Waals surface area contributed by atoms with Crippen molar-refractivity contribution in [2.45, 2.75) is 59.0 Å². The third-order valence-corrected chi connectivity index (χ3v) is 6.65. The molecule has 1 unspecified atom stereocenters. The molecular weight excluding hydrogens is 491 g/mol. The van der Waals surface area contributed by atoms with E-state index in [0.717, 1.165) is 62.6 Å². The first-order valence-electron chi connectivity index (χ1n) is 11.3. The van der Waals surface area contributed by atoms with Crippen molar-refractivity contribution in [1.82, 2.24) is 25.0 Å². The first kappa shape index (κ1) is 25.4. The first-order chi connectivity index (χ1) is 14.0. The average molecular weight is 533 g/mol. The molecular formula is C22H41IN6O. The van der Waals surface area contributed by atoms with Gasteiger partial charge in [-0.25, -0.2) is 4.98 Å². The maximum atomic E-state index is 5.74. The zero-order chi connectivity index (χ0) is 20.8. The number of likely N-dealkylation sites (N-methyl/N-ethyl adjacent to an activating group) is 2. The van der Waals surface area contributed by atoms with Crippen molar-refractivity contribution in [2.24, 2.45) is 10.9 Å². The summed E-state index contributed by atoms with van der Waals surface area (Å²) in [6.07, 6.45) is 5.04. The molecule has 8 heteroatoms. The van der Waals surface area contributed by atoms with E-state index in [-0.39, 0.29) is 24.0 Å². The number of aryl methyl sites for hydroxylation is 2. The summed E-state index contributed by atoms with van der Waals surface area (Å²) in [6.45, 7) is 13.8. The van der Waals surface area contributed by atoms with E-state index in [1.165, 1.54) is 32.2 Å². The van der Waals surface area contributed by atoms with Crippen molar-refractivity contribution in [3.05, 3.63) is 17.3 Å². The molecule has 2 aliphatic heterocycles. The molecule has 1 atom stereocenters. The van der Waals surface area contributed by atoms with Gasteiger partial charge in [0.1, 0.15) is 5.76 Å². The number of hydrogen-bond acceptors (Lipinski definition) is 5. The van der Waals surface area contributed by atoms with Crippen molar-refractivity contribution >= 4 is 29.9 Å². The monoisotopic (exact) mass is 532 g/mol. The van der Waals surface area contributed by atoms with Gasteiger partial charge in [0.2, 0.25) is 5.89 Å². The van der Waals surface area contributed by atoms with Crippen LogP contribution in [0.1, 0.15) is 50.0 Å². The minimum absolute atomic E-state index is 0. The Hall–Kier alpha value is -0.870. The molecule has 0 bridgehead atoms. The summed E-state index contributed by atoms with van der Waals surface area (Å²) < 4.78 is 5.74. The summed E-state index contributed by atoms with van der Waals surface area (Å²) in [5.41, 5.74) is 1.01. The van der Waals surface area contributed by atoms with Gasteiger partial charge in [0.25, 0.3) is 0 Å². The first-order valence-corrected chi connectivity index (χ1v) is 11.3. The standard InChI is InChI=1S/C22H40N6O.HI/c1-6-28-11-7-8-20(28)15-26(5)22(23-4)24-14-19-9-12-27(13-10-19)16-21-25-17(2)18(3)29-21;/h19-20H,6-16H2,1-5H3,(H,23,24);1H. The molecule has 0 radical (unpaired) electrons. The number of nitrogens with one attached hydrogen (secondary N) is 1. The molecule has 0 saturated carbocycles. The number of piperidine rings is 1. The van der Waals surface area contributed by atoms with Gasteiger partial charge < -0.3 is 14.6 Å². The number of guanidine groups is 1. The van der Waals surface area contributed by atoms with E-state index in [1.54, 1.807) is 0 Å². The number of hydrogen-bond donors (Lipinski definition) is 1. The van der Waals surface area contributed by atoms with Gasteiger partial charge in [-0.15, -0.1) is 24.0 Å². The average Bonchev–Trinajstić information content (AvgIpc) is 3.29. The number of aromatic nitrogens is 1. The van der Waals surface area contributed by atoms with Crippen molar-refractivity contribution in [2.75, 3.05) is 53.4 Å². The number of rotatable bonds is 7. The number of likely N-dealkylation sites (tertiary alicyclic amines) is 2. The van der Waals surface area contributed by atoms with Crippen molar-refractivity contribution in [3.8, 4) is 0 Å². The van der Waals surface area contributed by atoms with Crippen LogP contribution in [0.15, 0.2) is 9.41 Å². The van der Waals surface area contributed by atoms with E-state index in [9.17, 15) is 0 Å². The van der Waals surface area contributed by atoms with Gasteiger partial charge in [0, 0.05) is 33.2 Å². The second kappa shape index (κ2) is 12.2. The Morgan fingerprint density at radius 3 is 2.57 bits per heavy atom. The molecule has 0 aromatic carbocycles. The van der Waals surface area contributed by atoms with Crippen LogP contribution in [0, 0.1) is 19.8 Å². The fraction of sp³-hybridized carbons (Fsp3) is 0.818. The Morgan fingerprint density at radius 1 is 1.23 bits per heavy atom. The highest BCUT2D eigenvalue weighted by Gasteiger charge is 2.26. The molecule has 7 nitrogen and oxygen atoms in total. The van der Waals surface area contributed by atoms with Gasteiger partial charge in [-0.3, -0.25) is 14.8 Å². The van der Waals surface area contributed by atoms with Crippen LogP contribution in [0.4, 0.5) is 0 Å². The lowest BCUT2D eigenvalue weighted by Crippen LogP contribution is -2.47. The SMILES string of the molecule is CCN1CCCC1CN(C)C(=NC)NCC1CCN(Cc2nc(C)c(C)o2)CC1.I. The molecule has 1 N–H and O–H groups in total. The molecule has 0 aliphatic carbocycles. The van der Waals surface area contributed by atoms with E-state index in [0.29, 0.717) is 12.0 Å². The summed E-state index contributed by atoms with van der Waals surface area (Å²) in [6, 6.07) is 0.661. The molecule has 2 fully saturated rings. The van der Waals surface area contributed by atoms with Crippen molar-refractivity contribution in [3.63, 3.8) is 0 Å². The highest BCUT2D eigenvalue weighted by atomic mass is 127. The molecule has 172 valence electrons. The Morgan fingerprint density at radius 2 is 1.97 bits per heavy atom. The van der Waals surface area contributed by atoms with Gasteiger partial charge in [-0.05, 0) is 71.6 Å². The third kappa shape index (κ3) is 6.82. The predicted molar refractivity (Wildman–Crippen MR) is 134 cm³/mol. The number of aliphatic imine (C=N–C) groups is 1. The van der Waals surface area contributed by atoms with Crippen LogP contribution in [0.5, 0.6) is 0 Å². The Bertz CT molecular complexity index is 651. The van der Waals surface area contributed by atoms with E-state index < -0.39 is 0 Å². The van der Waals surface area contributed by atoms with E-state index in [2.05, 4.69) is 44.0 Å². The van der Waals surface area contributed by atoms with Crippen LogP contribution in [0.2, 0.25) is 0 Å². The summed E-state index contributed by atoms with van der Waals surface area (Å²) in [5, 5.41) is 3.63. The van der Waals surface area contributed by atoms with Gasteiger partial charge in [0.05, 0.1) is 12.2 Å². The summed E-state index contributed by atoms with van der Waals surface area (Å²) in [4.78, 5) is 16.4. The lowest BCUT2D eigenvalue weighted by Gasteiger charge is -2.33. The molecule has 3 rings (SSSR count). The normalized spacial score (nSPS) is 21.6. The summed E-state index contributed by atoms with van der Waals surface area (Å²) in [5.74, 6) is 3.52. The highest BCUT2D eigenvalue weighted by Crippen LogP contribution is 2.20. The smallest absolute Gasteiger partial charge is 0.208 e. The van der Waals surface area contributed by atoms with Crippen LogP contribution in [0.25, 0.3) is 0 Å². The molecule has 2 saturated heterocycles. The van der Waals surface area contributed by atoms with Crippen LogP contribution in [-0.4, -0.2) is 85.0 Å². The fourth-order valence-electron chi connectivity index (χ4n) is 4.69. The zero-order valence-corrected chi connectivity index (χ0v) is 21.8. The minimum Gasteiger partial charge on any atom is -0.444 e. The molecule has 2 aliphatic rings. The second-order valence-corrected chi connectivity index (χ2v) is 8.70. The van der Waals surface area contributed by atoms with Crippen LogP contribution >= 0.6 is 24.0 Å².